The number of aryl methyl sites for hydroxylation is 1. The fourth-order valence-corrected chi connectivity index (χ4v) is 4.18. The highest BCUT2D eigenvalue weighted by Crippen LogP contribution is 2.29. The Morgan fingerprint density at radius 1 is 1.16 bits per heavy atom. The van der Waals surface area contributed by atoms with Crippen LogP contribution < -0.4 is 4.74 Å². The Hall–Kier alpha value is -2.25. The minimum absolute atomic E-state index is 0.0187. The first kappa shape index (κ1) is 17.6. The average molecular weight is 372 g/mol. The van der Waals surface area contributed by atoms with Crippen molar-refractivity contribution in [2.45, 2.75) is 18.9 Å². The number of rotatable bonds is 6. The number of Topliss-reactive ketones (excluding diaryl/α,β-unsaturated/α-hetero) is 2. The van der Waals surface area contributed by atoms with Crippen molar-refractivity contribution in [2.24, 2.45) is 0 Å². The molecule has 0 N–H and O–H groups in total. The second-order valence-corrected chi connectivity index (χ2v) is 7.44. The molecule has 7 heteroatoms. The summed E-state index contributed by atoms with van der Waals surface area (Å²) in [6.45, 7) is 3.33. The van der Waals surface area contributed by atoms with Crippen LogP contribution in [-0.4, -0.2) is 34.4 Å². The molecule has 0 atom stereocenters. The van der Waals surface area contributed by atoms with Gasteiger partial charge in [0, 0.05) is 5.39 Å². The quantitative estimate of drug-likeness (QED) is 0.367. The topological polar surface area (TPSA) is 69.2 Å². The van der Waals surface area contributed by atoms with E-state index in [9.17, 15) is 9.59 Å². The zero-order valence-electron chi connectivity index (χ0n) is 14.0. The number of hydrogen-bond donors (Lipinski definition) is 0. The van der Waals surface area contributed by atoms with Gasteiger partial charge in [-0.05, 0) is 44.2 Å². The number of hydrogen-bond acceptors (Lipinski definition) is 7. The van der Waals surface area contributed by atoms with Crippen molar-refractivity contribution in [3.63, 3.8) is 0 Å². The molecule has 2 aromatic heterocycles. The van der Waals surface area contributed by atoms with Gasteiger partial charge in [-0.15, -0.1) is 11.3 Å². The van der Waals surface area contributed by atoms with Crippen molar-refractivity contribution in [1.29, 1.82) is 0 Å². The van der Waals surface area contributed by atoms with E-state index in [1.165, 1.54) is 30.0 Å². The van der Waals surface area contributed by atoms with E-state index < -0.39 is 0 Å². The normalized spacial score (nSPS) is 10.8. The molecule has 0 aliphatic heterocycles. The van der Waals surface area contributed by atoms with Crippen LogP contribution in [0.25, 0.3) is 10.9 Å². The van der Waals surface area contributed by atoms with Gasteiger partial charge in [-0.2, -0.15) is 0 Å². The molecule has 0 saturated heterocycles. The van der Waals surface area contributed by atoms with Crippen LogP contribution in [-0.2, 0) is 0 Å². The van der Waals surface area contributed by atoms with E-state index >= 15 is 0 Å². The maximum Gasteiger partial charge on any atom is 0.183 e. The van der Waals surface area contributed by atoms with Crippen molar-refractivity contribution in [3.8, 4) is 5.75 Å². The second kappa shape index (κ2) is 7.33. The standard InChI is InChI=1S/C18H16N2O3S2/c1-10(21)16-6-7-17(25-16)15(22)9-24-18-13-8-12(23-3)4-5-14(13)19-11(2)20-18/h4-8H,9H2,1-3H3. The lowest BCUT2D eigenvalue weighted by molar-refractivity contribution is 0.101. The summed E-state index contributed by atoms with van der Waals surface area (Å²) in [5.41, 5.74) is 0.818. The maximum absolute atomic E-state index is 12.4. The molecule has 0 aliphatic carbocycles. The van der Waals surface area contributed by atoms with Gasteiger partial charge >= 0.3 is 0 Å². The first-order valence-electron chi connectivity index (χ1n) is 7.57. The molecule has 0 bridgehead atoms. The number of carbonyl (C=O) groups excluding carboxylic acids is 2. The Morgan fingerprint density at radius 2 is 1.92 bits per heavy atom. The number of nitrogens with zero attached hydrogens (tertiary/aromatic N) is 2. The highest BCUT2D eigenvalue weighted by atomic mass is 32.2. The van der Waals surface area contributed by atoms with Crippen LogP contribution in [0.1, 0.15) is 32.1 Å². The minimum Gasteiger partial charge on any atom is -0.497 e. The number of aromatic nitrogens is 2. The summed E-state index contributed by atoms with van der Waals surface area (Å²) in [7, 11) is 1.61. The Bertz CT molecular complexity index is 966. The monoisotopic (exact) mass is 372 g/mol. The number of benzene rings is 1. The van der Waals surface area contributed by atoms with E-state index in [-0.39, 0.29) is 17.3 Å². The zero-order chi connectivity index (χ0) is 18.0. The van der Waals surface area contributed by atoms with Crippen LogP contribution >= 0.6 is 23.1 Å². The van der Waals surface area contributed by atoms with Gasteiger partial charge in [-0.3, -0.25) is 9.59 Å². The molecule has 5 nitrogen and oxygen atoms in total. The van der Waals surface area contributed by atoms with Crippen LogP contribution in [0.5, 0.6) is 5.75 Å². The Morgan fingerprint density at radius 3 is 2.60 bits per heavy atom. The molecule has 0 unspecified atom stereocenters. The molecule has 2 heterocycles. The lowest BCUT2D eigenvalue weighted by Crippen LogP contribution is -2.01. The summed E-state index contributed by atoms with van der Waals surface area (Å²) in [6, 6.07) is 9.01. The number of methoxy groups -OCH3 is 1. The van der Waals surface area contributed by atoms with E-state index in [0.29, 0.717) is 15.6 Å². The number of ketones is 2. The van der Waals surface area contributed by atoms with Gasteiger partial charge in [0.2, 0.25) is 0 Å². The summed E-state index contributed by atoms with van der Waals surface area (Å²) in [5.74, 6) is 1.58. The molecule has 0 fully saturated rings. The summed E-state index contributed by atoms with van der Waals surface area (Å²) in [5, 5.41) is 1.61. The summed E-state index contributed by atoms with van der Waals surface area (Å²) in [4.78, 5) is 33.9. The minimum atomic E-state index is -0.0267. The number of ether oxygens (including phenoxy) is 1. The smallest absolute Gasteiger partial charge is 0.183 e. The third kappa shape index (κ3) is 3.88. The second-order valence-electron chi connectivity index (χ2n) is 5.39. The lowest BCUT2D eigenvalue weighted by atomic mass is 10.2. The summed E-state index contributed by atoms with van der Waals surface area (Å²) in [6.07, 6.45) is 0. The van der Waals surface area contributed by atoms with Gasteiger partial charge in [0.15, 0.2) is 11.6 Å². The summed E-state index contributed by atoms with van der Waals surface area (Å²) < 4.78 is 5.27. The van der Waals surface area contributed by atoms with E-state index in [1.807, 2.05) is 25.1 Å². The van der Waals surface area contributed by atoms with Crippen LogP contribution in [0.2, 0.25) is 0 Å². The number of thiophene rings is 1. The third-order valence-corrected chi connectivity index (χ3v) is 5.77. The molecule has 25 heavy (non-hydrogen) atoms. The fourth-order valence-electron chi connectivity index (χ4n) is 2.31. The Balaban J connectivity index is 1.84. The molecule has 0 aliphatic rings. The van der Waals surface area contributed by atoms with Crippen LogP contribution in [0, 0.1) is 6.92 Å². The first-order valence-corrected chi connectivity index (χ1v) is 9.37. The molecule has 0 spiro atoms. The lowest BCUT2D eigenvalue weighted by Gasteiger charge is -2.08. The zero-order valence-corrected chi connectivity index (χ0v) is 15.7. The fraction of sp³-hybridized carbons (Fsp3) is 0.222. The average Bonchev–Trinajstić information content (AvgIpc) is 3.09. The maximum atomic E-state index is 12.4. The van der Waals surface area contributed by atoms with Crippen molar-refractivity contribution in [1.82, 2.24) is 9.97 Å². The van der Waals surface area contributed by atoms with Crippen molar-refractivity contribution >= 4 is 45.6 Å². The Kier molecular flexibility index (Phi) is 5.15. The molecule has 3 rings (SSSR count). The SMILES string of the molecule is COc1ccc2nc(C)nc(SCC(=O)c3ccc(C(C)=O)s3)c2c1. The molecule has 1 aromatic carbocycles. The number of carbonyl (C=O) groups is 2. The molecule has 128 valence electrons. The van der Waals surface area contributed by atoms with Crippen LogP contribution in [0.4, 0.5) is 0 Å². The van der Waals surface area contributed by atoms with E-state index in [2.05, 4.69) is 9.97 Å². The van der Waals surface area contributed by atoms with Crippen molar-refractivity contribution in [3.05, 3.63) is 45.9 Å². The highest BCUT2D eigenvalue weighted by Gasteiger charge is 2.14. The van der Waals surface area contributed by atoms with Gasteiger partial charge in [-0.1, -0.05) is 11.8 Å². The van der Waals surface area contributed by atoms with E-state index in [1.54, 1.807) is 19.2 Å². The molecule has 0 amide bonds. The number of thioether (sulfide) groups is 1. The number of fused-ring (bicyclic) bond motifs is 1. The predicted octanol–water partition coefficient (Wildman–Crippen LogP) is 4.19. The van der Waals surface area contributed by atoms with Crippen LogP contribution in [0.3, 0.4) is 0 Å². The largest absolute Gasteiger partial charge is 0.497 e. The first-order chi connectivity index (χ1) is 12.0. The summed E-state index contributed by atoms with van der Waals surface area (Å²) >= 11 is 2.60. The molecular formula is C18H16N2O3S2. The van der Waals surface area contributed by atoms with E-state index in [4.69, 9.17) is 4.74 Å². The van der Waals surface area contributed by atoms with Crippen molar-refractivity contribution < 1.29 is 14.3 Å². The highest BCUT2D eigenvalue weighted by molar-refractivity contribution is 8.00. The Labute approximate surface area is 153 Å². The third-order valence-electron chi connectivity index (χ3n) is 3.55. The van der Waals surface area contributed by atoms with Crippen LogP contribution in [0.15, 0.2) is 35.4 Å². The molecule has 3 aromatic rings. The van der Waals surface area contributed by atoms with Gasteiger partial charge in [0.25, 0.3) is 0 Å². The van der Waals surface area contributed by atoms with Crippen molar-refractivity contribution in [2.75, 3.05) is 12.9 Å². The van der Waals surface area contributed by atoms with Gasteiger partial charge in [-0.25, -0.2) is 9.97 Å². The van der Waals surface area contributed by atoms with Gasteiger partial charge in [0.1, 0.15) is 16.6 Å². The molecule has 0 radical (unpaired) electrons. The van der Waals surface area contributed by atoms with E-state index in [0.717, 1.165) is 21.7 Å². The van der Waals surface area contributed by atoms with Gasteiger partial charge < -0.3 is 4.74 Å². The molecular weight excluding hydrogens is 356 g/mol. The molecule has 0 saturated carbocycles. The predicted molar refractivity (Wildman–Crippen MR) is 100 cm³/mol. The van der Waals surface area contributed by atoms with Gasteiger partial charge in [0.05, 0.1) is 28.1 Å².